The fourth-order valence-corrected chi connectivity index (χ4v) is 2.55. The highest BCUT2D eigenvalue weighted by Crippen LogP contribution is 2.23. The highest BCUT2D eigenvalue weighted by Gasteiger charge is 2.17. The van der Waals surface area contributed by atoms with Crippen LogP contribution < -0.4 is 5.32 Å². The average molecular weight is 366 g/mol. The molecule has 0 bridgehead atoms. The van der Waals surface area contributed by atoms with Gasteiger partial charge in [-0.3, -0.25) is 4.79 Å². The Hall–Kier alpha value is -1.99. The number of amides is 1. The molecule has 1 aromatic heterocycles. The largest absolute Gasteiger partial charge is 0.379 e. The molecule has 0 aliphatic rings. The molecule has 7 nitrogen and oxygen atoms in total. The van der Waals surface area contributed by atoms with Gasteiger partial charge >= 0.3 is 0 Å². The predicted molar refractivity (Wildman–Crippen MR) is 95.3 cm³/mol. The first kappa shape index (κ1) is 19.3. The van der Waals surface area contributed by atoms with E-state index >= 15 is 0 Å². The molecule has 0 radical (unpaired) electrons. The van der Waals surface area contributed by atoms with Crippen LogP contribution in [0.2, 0.25) is 5.02 Å². The van der Waals surface area contributed by atoms with Gasteiger partial charge in [-0.15, -0.1) is 5.10 Å². The van der Waals surface area contributed by atoms with Gasteiger partial charge in [-0.1, -0.05) is 23.7 Å². The number of aromatic nitrogens is 4. The van der Waals surface area contributed by atoms with Crippen molar-refractivity contribution < 1.29 is 9.53 Å². The van der Waals surface area contributed by atoms with Gasteiger partial charge in [0.25, 0.3) is 0 Å². The Bertz CT molecular complexity index is 631. The summed E-state index contributed by atoms with van der Waals surface area (Å²) in [6.45, 7) is 5.76. The smallest absolute Gasteiger partial charge is 0.220 e. The summed E-state index contributed by atoms with van der Waals surface area (Å²) in [5.41, 5.74) is 1.03. The molecule has 1 aromatic carbocycles. The van der Waals surface area contributed by atoms with E-state index in [1.54, 1.807) is 11.0 Å². The number of benzene rings is 1. The highest BCUT2D eigenvalue weighted by atomic mass is 35.5. The summed E-state index contributed by atoms with van der Waals surface area (Å²) in [6, 6.07) is 7.51. The molecular weight excluding hydrogens is 342 g/mol. The number of nitrogens with zero attached hydrogens (tertiary/aromatic N) is 4. The number of carbonyl (C=O) groups excluding carboxylic acids is 1. The zero-order valence-corrected chi connectivity index (χ0v) is 15.3. The Morgan fingerprint density at radius 1 is 1.32 bits per heavy atom. The second-order valence-corrected chi connectivity index (χ2v) is 6.54. The molecule has 1 atom stereocenters. The quantitative estimate of drug-likeness (QED) is 0.654. The topological polar surface area (TPSA) is 81.9 Å². The molecule has 0 saturated heterocycles. The van der Waals surface area contributed by atoms with Crippen LogP contribution in [0.5, 0.6) is 0 Å². The molecule has 1 amide bonds. The lowest BCUT2D eigenvalue weighted by molar-refractivity contribution is -0.121. The van der Waals surface area contributed by atoms with Crippen molar-refractivity contribution >= 4 is 17.5 Å². The molecule has 0 unspecified atom stereocenters. The third kappa shape index (κ3) is 7.19. The van der Waals surface area contributed by atoms with Gasteiger partial charge in [-0.2, -0.15) is 0 Å². The van der Waals surface area contributed by atoms with Crippen LogP contribution in [0, 0.1) is 0 Å². The normalized spacial score (nSPS) is 12.3. The Labute approximate surface area is 152 Å². The molecule has 8 heteroatoms. The maximum atomic E-state index is 12.3. The minimum Gasteiger partial charge on any atom is -0.379 e. The Morgan fingerprint density at radius 3 is 2.72 bits per heavy atom. The van der Waals surface area contributed by atoms with Crippen molar-refractivity contribution in [2.45, 2.75) is 45.3 Å². The fourth-order valence-electron chi connectivity index (χ4n) is 2.43. The summed E-state index contributed by atoms with van der Waals surface area (Å²) in [4.78, 5) is 12.3. The lowest BCUT2D eigenvalue weighted by atomic mass is 9.95. The Kier molecular flexibility index (Phi) is 7.81. The van der Waals surface area contributed by atoms with E-state index in [1.807, 2.05) is 38.1 Å². The van der Waals surface area contributed by atoms with Crippen LogP contribution in [0.15, 0.2) is 30.6 Å². The lowest BCUT2D eigenvalue weighted by Gasteiger charge is -2.17. The Balaban J connectivity index is 1.89. The van der Waals surface area contributed by atoms with Gasteiger partial charge in [-0.25, -0.2) is 4.68 Å². The van der Waals surface area contributed by atoms with Crippen LogP contribution in [0.25, 0.3) is 0 Å². The first-order valence-electron chi connectivity index (χ1n) is 8.39. The first-order chi connectivity index (χ1) is 12.0. The number of hydrogen-bond acceptors (Lipinski definition) is 5. The van der Waals surface area contributed by atoms with Gasteiger partial charge in [0, 0.05) is 30.5 Å². The van der Waals surface area contributed by atoms with E-state index in [-0.39, 0.29) is 17.9 Å². The van der Waals surface area contributed by atoms with E-state index < -0.39 is 0 Å². The molecule has 0 aliphatic heterocycles. The van der Waals surface area contributed by atoms with E-state index in [0.29, 0.717) is 31.1 Å². The van der Waals surface area contributed by atoms with Gasteiger partial charge in [0.1, 0.15) is 6.33 Å². The minimum absolute atomic E-state index is 0.00225. The van der Waals surface area contributed by atoms with Crippen LogP contribution >= 0.6 is 11.6 Å². The van der Waals surface area contributed by atoms with E-state index in [1.165, 1.54) is 0 Å². The summed E-state index contributed by atoms with van der Waals surface area (Å²) in [5, 5.41) is 14.8. The highest BCUT2D eigenvalue weighted by molar-refractivity contribution is 6.30. The van der Waals surface area contributed by atoms with Crippen molar-refractivity contribution in [2.24, 2.45) is 0 Å². The number of nitrogens with one attached hydrogen (secondary N) is 1. The number of rotatable bonds is 10. The molecule has 0 saturated carbocycles. The van der Waals surface area contributed by atoms with Crippen LogP contribution in [0.4, 0.5) is 0 Å². The Morgan fingerprint density at radius 2 is 2.08 bits per heavy atom. The van der Waals surface area contributed by atoms with E-state index in [2.05, 4.69) is 20.8 Å². The van der Waals surface area contributed by atoms with Crippen LogP contribution in [-0.2, 0) is 16.1 Å². The van der Waals surface area contributed by atoms with Crippen molar-refractivity contribution in [3.05, 3.63) is 41.2 Å². The second-order valence-electron chi connectivity index (χ2n) is 6.11. The molecule has 1 N–H and O–H groups in total. The van der Waals surface area contributed by atoms with Crippen molar-refractivity contribution in [3.63, 3.8) is 0 Å². The van der Waals surface area contributed by atoms with Gasteiger partial charge in [0.2, 0.25) is 5.91 Å². The maximum absolute atomic E-state index is 12.3. The predicted octanol–water partition coefficient (Wildman–Crippen LogP) is 2.43. The molecule has 0 spiro atoms. The summed E-state index contributed by atoms with van der Waals surface area (Å²) >= 11 is 5.96. The van der Waals surface area contributed by atoms with Gasteiger partial charge in [-0.05, 0) is 48.4 Å². The molecule has 2 aromatic rings. The van der Waals surface area contributed by atoms with Crippen molar-refractivity contribution in [3.8, 4) is 0 Å². The molecule has 25 heavy (non-hydrogen) atoms. The van der Waals surface area contributed by atoms with Gasteiger partial charge in [0.05, 0.1) is 12.6 Å². The zero-order chi connectivity index (χ0) is 18.1. The number of carbonyl (C=O) groups is 1. The number of ether oxygens (including phenoxy) is 1. The number of hydrogen-bond donors (Lipinski definition) is 1. The summed E-state index contributed by atoms with van der Waals surface area (Å²) in [6.07, 6.45) is 2.90. The molecule has 2 rings (SSSR count). The van der Waals surface area contributed by atoms with Crippen LogP contribution in [-0.4, -0.2) is 45.4 Å². The summed E-state index contributed by atoms with van der Waals surface area (Å²) in [5.74, 6) is -0.0368. The van der Waals surface area contributed by atoms with E-state index in [0.717, 1.165) is 12.0 Å². The van der Waals surface area contributed by atoms with Crippen molar-refractivity contribution in [1.29, 1.82) is 0 Å². The summed E-state index contributed by atoms with van der Waals surface area (Å²) < 4.78 is 7.09. The maximum Gasteiger partial charge on any atom is 0.220 e. The first-order valence-corrected chi connectivity index (χ1v) is 8.77. The third-order valence-electron chi connectivity index (χ3n) is 3.67. The molecular formula is C17H24ClN5O2. The SMILES string of the molecule is CC(C)OCCCNC(=O)C[C@@H](Cn1cnnn1)c1ccc(Cl)cc1. The standard InChI is InChI=1S/C17H24ClN5O2/c1-13(2)25-9-3-8-19-17(24)10-15(11-23-12-20-21-22-23)14-4-6-16(18)7-5-14/h4-7,12-13,15H,3,8-11H2,1-2H3,(H,19,24)/t15-/m0/s1. The minimum atomic E-state index is -0.0346. The average Bonchev–Trinajstić information content (AvgIpc) is 3.07. The lowest BCUT2D eigenvalue weighted by Crippen LogP contribution is -2.28. The van der Waals surface area contributed by atoms with Gasteiger partial charge in [0.15, 0.2) is 0 Å². The molecule has 1 heterocycles. The summed E-state index contributed by atoms with van der Waals surface area (Å²) in [7, 11) is 0. The van der Waals surface area contributed by atoms with Gasteiger partial charge < -0.3 is 10.1 Å². The van der Waals surface area contributed by atoms with E-state index in [9.17, 15) is 4.79 Å². The van der Waals surface area contributed by atoms with Crippen LogP contribution in [0.3, 0.4) is 0 Å². The number of tetrazole rings is 1. The van der Waals surface area contributed by atoms with Crippen molar-refractivity contribution in [1.82, 2.24) is 25.5 Å². The molecule has 0 fully saturated rings. The molecule has 0 aliphatic carbocycles. The van der Waals surface area contributed by atoms with Crippen molar-refractivity contribution in [2.75, 3.05) is 13.2 Å². The number of halogens is 1. The van der Waals surface area contributed by atoms with Crippen LogP contribution in [0.1, 0.15) is 38.2 Å². The monoisotopic (exact) mass is 365 g/mol. The fraction of sp³-hybridized carbons (Fsp3) is 0.529. The molecule has 136 valence electrons. The van der Waals surface area contributed by atoms with E-state index in [4.69, 9.17) is 16.3 Å². The zero-order valence-electron chi connectivity index (χ0n) is 14.6. The third-order valence-corrected chi connectivity index (χ3v) is 3.92. The second kappa shape index (κ2) is 10.1.